The second kappa shape index (κ2) is 13.4. The third kappa shape index (κ3) is 6.19. The van der Waals surface area contributed by atoms with Crippen LogP contribution in [0.15, 0.2) is 0 Å². The molecule has 0 aromatic heterocycles. The van der Waals surface area contributed by atoms with Gasteiger partial charge in [0.15, 0.2) is 0 Å². The average Bonchev–Trinajstić information content (AvgIpc) is 2.46. The quantitative estimate of drug-likeness (QED) is 0.688. The van der Waals surface area contributed by atoms with Crippen molar-refractivity contribution in [1.82, 2.24) is 0 Å². The number of rotatable bonds is 0. The summed E-state index contributed by atoms with van der Waals surface area (Å²) in [6.45, 7) is 8.00. The van der Waals surface area contributed by atoms with E-state index >= 15 is 0 Å². The highest BCUT2D eigenvalue weighted by Gasteiger charge is 2.41. The Balaban J connectivity index is 0. The molecule has 0 spiro atoms. The maximum Gasteiger partial charge on any atom is 0.0319 e. The molecule has 0 aliphatic heterocycles. The second-order valence-corrected chi connectivity index (χ2v) is 4.88. The molecule has 4 saturated carbocycles. The summed E-state index contributed by atoms with van der Waals surface area (Å²) in [5, 5.41) is 14.0. The highest BCUT2D eigenvalue weighted by atomic mass is 16.2. The average molecular weight is 260 g/mol. The molecule has 4 aliphatic carbocycles. The Labute approximate surface area is 115 Å². The molecule has 0 amide bonds. The number of hydrogen-bond acceptors (Lipinski definition) is 2. The molecule has 2 nitrogen and oxygen atoms in total. The summed E-state index contributed by atoms with van der Waals surface area (Å²) in [6, 6.07) is 0. The molecule has 0 aromatic carbocycles. The van der Waals surface area contributed by atoms with E-state index in [1.807, 2.05) is 27.7 Å². The zero-order valence-corrected chi connectivity index (χ0v) is 13.4. The predicted octanol–water partition coefficient (Wildman–Crippen LogP) is 4.10. The molecule has 112 valence electrons. The van der Waals surface area contributed by atoms with Gasteiger partial charge in [-0.2, -0.15) is 0 Å². The Morgan fingerprint density at radius 2 is 0.556 bits per heavy atom. The van der Waals surface area contributed by atoms with Gasteiger partial charge in [0.2, 0.25) is 0 Å². The molecule has 0 heterocycles. The second-order valence-electron chi connectivity index (χ2n) is 4.88. The molecule has 0 radical (unpaired) electrons. The van der Waals surface area contributed by atoms with Gasteiger partial charge in [0, 0.05) is 14.2 Å². The Kier molecular flexibility index (Phi) is 15.0. The largest absolute Gasteiger partial charge is 0.400 e. The van der Waals surface area contributed by atoms with Crippen LogP contribution >= 0.6 is 0 Å². The third-order valence-electron chi connectivity index (χ3n) is 4.00. The van der Waals surface area contributed by atoms with Crippen molar-refractivity contribution in [2.45, 2.75) is 66.2 Å². The Bertz CT molecular complexity index is 101. The first-order valence-electron chi connectivity index (χ1n) is 7.79. The minimum Gasteiger partial charge on any atom is -0.400 e. The lowest BCUT2D eigenvalue weighted by Crippen LogP contribution is -2.38. The topological polar surface area (TPSA) is 40.5 Å². The van der Waals surface area contributed by atoms with Crippen molar-refractivity contribution in [2.24, 2.45) is 23.7 Å². The van der Waals surface area contributed by atoms with Gasteiger partial charge in [-0.3, -0.25) is 0 Å². The number of hydrogen-bond donors (Lipinski definition) is 2. The van der Waals surface area contributed by atoms with Crippen LogP contribution in [-0.2, 0) is 0 Å². The van der Waals surface area contributed by atoms with E-state index in [0.29, 0.717) is 0 Å². The van der Waals surface area contributed by atoms with Gasteiger partial charge >= 0.3 is 0 Å². The minimum absolute atomic E-state index is 1.00. The highest BCUT2D eigenvalue weighted by molar-refractivity contribution is 4.92. The summed E-state index contributed by atoms with van der Waals surface area (Å²) in [7, 11) is 2.00. The van der Waals surface area contributed by atoms with Gasteiger partial charge in [0.1, 0.15) is 0 Å². The Morgan fingerprint density at radius 3 is 0.667 bits per heavy atom. The fourth-order valence-corrected chi connectivity index (χ4v) is 3.98. The van der Waals surface area contributed by atoms with Crippen molar-refractivity contribution in [3.63, 3.8) is 0 Å². The zero-order chi connectivity index (χ0) is 14.6. The van der Waals surface area contributed by atoms with Gasteiger partial charge in [0.05, 0.1) is 0 Å². The van der Waals surface area contributed by atoms with Crippen LogP contribution in [0.5, 0.6) is 0 Å². The van der Waals surface area contributed by atoms with E-state index in [9.17, 15) is 0 Å². The van der Waals surface area contributed by atoms with Gasteiger partial charge in [-0.15, -0.1) is 0 Å². The van der Waals surface area contributed by atoms with Crippen LogP contribution < -0.4 is 0 Å². The molecule has 0 atom stereocenters. The van der Waals surface area contributed by atoms with E-state index in [2.05, 4.69) is 0 Å². The maximum atomic E-state index is 7.00. The van der Waals surface area contributed by atoms with Crippen molar-refractivity contribution in [2.75, 3.05) is 14.2 Å². The molecule has 4 rings (SSSR count). The van der Waals surface area contributed by atoms with Gasteiger partial charge < -0.3 is 10.2 Å². The van der Waals surface area contributed by atoms with Gasteiger partial charge in [-0.25, -0.2) is 0 Å². The van der Waals surface area contributed by atoms with Crippen LogP contribution in [-0.4, -0.2) is 24.4 Å². The summed E-state index contributed by atoms with van der Waals surface area (Å²) in [4.78, 5) is 0. The van der Waals surface area contributed by atoms with E-state index in [1.54, 1.807) is 38.5 Å². The summed E-state index contributed by atoms with van der Waals surface area (Å²) < 4.78 is 0. The first-order valence-corrected chi connectivity index (χ1v) is 7.79. The van der Waals surface area contributed by atoms with Gasteiger partial charge in [0.25, 0.3) is 0 Å². The van der Waals surface area contributed by atoms with Crippen LogP contribution in [0.25, 0.3) is 0 Å². The van der Waals surface area contributed by atoms with Gasteiger partial charge in [-0.1, -0.05) is 27.7 Å². The van der Waals surface area contributed by atoms with Crippen molar-refractivity contribution < 1.29 is 10.2 Å². The maximum absolute atomic E-state index is 7.00. The monoisotopic (exact) mass is 260 g/mol. The van der Waals surface area contributed by atoms with Crippen LogP contribution in [0.4, 0.5) is 0 Å². The molecule has 4 aliphatic rings. The normalized spacial score (nSPS) is 33.3. The van der Waals surface area contributed by atoms with E-state index < -0.39 is 0 Å². The van der Waals surface area contributed by atoms with E-state index in [0.717, 1.165) is 14.2 Å². The summed E-state index contributed by atoms with van der Waals surface area (Å²) >= 11 is 0. The highest BCUT2D eigenvalue weighted by Crippen LogP contribution is 2.53. The number of aliphatic hydroxyl groups excluding tert-OH is 2. The standard InChI is InChI=1S/C10H16.2C2H6.2CH4O/c1-7-2-9-4-8(1)5-10(3-7)6-9;4*1-2/h7-10H,1-6H2;2*1-2H3;2*2H,1H3. The SMILES string of the molecule is C1C2CC3CC1CC(C2)C3.CC.CC.CO.CO. The summed E-state index contributed by atoms with van der Waals surface area (Å²) in [5.74, 6) is 4.71. The minimum atomic E-state index is 1.00. The van der Waals surface area contributed by atoms with E-state index in [-0.39, 0.29) is 0 Å². The molecule has 2 N–H and O–H groups in total. The fourth-order valence-electron chi connectivity index (χ4n) is 3.98. The first kappa shape index (κ1) is 20.2. The van der Waals surface area contributed by atoms with E-state index in [1.165, 1.54) is 23.7 Å². The van der Waals surface area contributed by atoms with E-state index in [4.69, 9.17) is 10.2 Å². The molecule has 4 bridgehead atoms. The molecular weight excluding hydrogens is 224 g/mol. The molecule has 0 saturated heterocycles. The molecule has 0 aromatic rings. The zero-order valence-electron chi connectivity index (χ0n) is 13.4. The van der Waals surface area contributed by atoms with Crippen LogP contribution in [0.1, 0.15) is 66.2 Å². The van der Waals surface area contributed by atoms with Crippen molar-refractivity contribution >= 4 is 0 Å². The summed E-state index contributed by atoms with van der Waals surface area (Å²) in [6.07, 6.45) is 9.62. The third-order valence-corrected chi connectivity index (χ3v) is 4.00. The number of aliphatic hydroxyl groups is 2. The molecule has 0 unspecified atom stereocenters. The van der Waals surface area contributed by atoms with Crippen LogP contribution in [0.2, 0.25) is 0 Å². The van der Waals surface area contributed by atoms with Crippen LogP contribution in [0.3, 0.4) is 0 Å². The lowest BCUT2D eigenvalue weighted by Gasteiger charge is -2.49. The van der Waals surface area contributed by atoms with Gasteiger partial charge in [-0.05, 0) is 62.2 Å². The van der Waals surface area contributed by atoms with Crippen molar-refractivity contribution in [3.05, 3.63) is 0 Å². The lowest BCUT2D eigenvalue weighted by atomic mass is 9.56. The first-order chi connectivity index (χ1) is 8.90. The fraction of sp³-hybridized carbons (Fsp3) is 1.00. The molecular formula is C16H36O2. The van der Waals surface area contributed by atoms with Crippen LogP contribution in [0, 0.1) is 23.7 Å². The van der Waals surface area contributed by atoms with Crippen molar-refractivity contribution in [1.29, 1.82) is 0 Å². The smallest absolute Gasteiger partial charge is 0.0319 e. The molecule has 18 heavy (non-hydrogen) atoms. The Morgan fingerprint density at radius 1 is 0.444 bits per heavy atom. The molecule has 4 fully saturated rings. The lowest BCUT2D eigenvalue weighted by molar-refractivity contribution is 0.0198. The molecule has 2 heteroatoms. The Hall–Kier alpha value is -0.0800. The predicted molar refractivity (Wildman–Crippen MR) is 80.6 cm³/mol. The summed E-state index contributed by atoms with van der Waals surface area (Å²) in [5.41, 5.74) is 0. The van der Waals surface area contributed by atoms with Crippen molar-refractivity contribution in [3.8, 4) is 0 Å².